The second-order valence-electron chi connectivity index (χ2n) is 2.76. The first-order valence-corrected chi connectivity index (χ1v) is 4.80. The molecule has 0 unspecified atom stereocenters. The van der Waals surface area contributed by atoms with Crippen LogP contribution in [0.4, 0.5) is 16.2 Å². The monoisotopic (exact) mass is 244 g/mol. The fourth-order valence-corrected chi connectivity index (χ4v) is 1.21. The Morgan fingerprint density at radius 1 is 1.62 bits per heavy atom. The van der Waals surface area contributed by atoms with Gasteiger partial charge in [-0.25, -0.2) is 4.79 Å². The van der Waals surface area contributed by atoms with Crippen LogP contribution in [-0.4, -0.2) is 17.6 Å². The predicted octanol–water partition coefficient (Wildman–Crippen LogP) is 2.82. The summed E-state index contributed by atoms with van der Waals surface area (Å²) in [5.74, 6) is 0. The number of nitrogens with one attached hydrogen (secondary N) is 1. The number of benzene rings is 1. The van der Waals surface area contributed by atoms with E-state index in [4.69, 9.17) is 11.6 Å². The van der Waals surface area contributed by atoms with Crippen LogP contribution in [0.1, 0.15) is 6.92 Å². The maximum atomic E-state index is 11.1. The molecule has 1 aromatic rings. The molecular weight excluding hydrogens is 236 g/mol. The van der Waals surface area contributed by atoms with Gasteiger partial charge in [-0.1, -0.05) is 11.6 Å². The topological polar surface area (TPSA) is 81.5 Å². The molecule has 86 valence electrons. The zero-order chi connectivity index (χ0) is 12.1. The lowest BCUT2D eigenvalue weighted by Crippen LogP contribution is -2.14. The van der Waals surface area contributed by atoms with E-state index in [1.165, 1.54) is 12.1 Å². The van der Waals surface area contributed by atoms with Crippen LogP contribution in [0.15, 0.2) is 18.2 Å². The van der Waals surface area contributed by atoms with Gasteiger partial charge in [-0.15, -0.1) is 0 Å². The number of carbonyl (C=O) groups excluding carboxylic acids is 1. The van der Waals surface area contributed by atoms with E-state index in [2.05, 4.69) is 10.1 Å². The lowest BCUT2D eigenvalue weighted by atomic mass is 10.3. The van der Waals surface area contributed by atoms with Gasteiger partial charge in [0.2, 0.25) is 0 Å². The van der Waals surface area contributed by atoms with Crippen molar-refractivity contribution in [1.82, 2.24) is 0 Å². The summed E-state index contributed by atoms with van der Waals surface area (Å²) in [6.45, 7) is 1.82. The molecule has 0 bridgehead atoms. The van der Waals surface area contributed by atoms with Crippen LogP contribution in [-0.2, 0) is 4.74 Å². The molecule has 6 nitrogen and oxygen atoms in total. The number of ether oxygens (including phenoxy) is 1. The van der Waals surface area contributed by atoms with Crippen molar-refractivity contribution in [2.24, 2.45) is 0 Å². The molecule has 0 atom stereocenters. The molecule has 0 aliphatic rings. The molecule has 0 radical (unpaired) electrons. The normalized spacial score (nSPS) is 9.62. The van der Waals surface area contributed by atoms with Gasteiger partial charge in [0, 0.05) is 11.1 Å². The molecule has 7 heteroatoms. The second kappa shape index (κ2) is 5.32. The highest BCUT2D eigenvalue weighted by Crippen LogP contribution is 2.27. The van der Waals surface area contributed by atoms with E-state index in [0.717, 1.165) is 6.07 Å². The Hall–Kier alpha value is -1.82. The molecule has 0 heterocycles. The van der Waals surface area contributed by atoms with Crippen molar-refractivity contribution in [3.63, 3.8) is 0 Å². The molecule has 0 saturated heterocycles. The van der Waals surface area contributed by atoms with Gasteiger partial charge in [-0.3, -0.25) is 15.4 Å². The van der Waals surface area contributed by atoms with Crippen molar-refractivity contribution in [2.45, 2.75) is 6.92 Å². The van der Waals surface area contributed by atoms with Gasteiger partial charge >= 0.3 is 6.09 Å². The summed E-state index contributed by atoms with van der Waals surface area (Å²) < 4.78 is 4.61. The van der Waals surface area contributed by atoms with E-state index in [1.807, 2.05) is 0 Å². The Labute approximate surface area is 96.3 Å². The molecule has 1 amide bonds. The van der Waals surface area contributed by atoms with Crippen LogP contribution in [0.2, 0.25) is 5.02 Å². The van der Waals surface area contributed by atoms with Crippen LogP contribution < -0.4 is 5.32 Å². The van der Waals surface area contributed by atoms with Gasteiger partial charge in [0.05, 0.1) is 11.5 Å². The zero-order valence-electron chi connectivity index (χ0n) is 8.40. The third-order valence-electron chi connectivity index (χ3n) is 1.67. The number of nitrogens with zero attached hydrogens (tertiary/aromatic N) is 1. The van der Waals surface area contributed by atoms with Crippen LogP contribution in [0.5, 0.6) is 0 Å². The highest BCUT2D eigenvalue weighted by molar-refractivity contribution is 6.31. The molecule has 0 aromatic heterocycles. The second-order valence-corrected chi connectivity index (χ2v) is 3.20. The van der Waals surface area contributed by atoms with Crippen molar-refractivity contribution in [3.05, 3.63) is 33.3 Å². The Morgan fingerprint density at radius 2 is 2.31 bits per heavy atom. The molecular formula is C9H9ClN2O4. The number of nitro groups is 1. The van der Waals surface area contributed by atoms with E-state index in [9.17, 15) is 14.9 Å². The van der Waals surface area contributed by atoms with Crippen LogP contribution in [0.3, 0.4) is 0 Å². The largest absolute Gasteiger partial charge is 0.450 e. The first kappa shape index (κ1) is 12.3. The SMILES string of the molecule is CCOC(=O)Nc1ccc(Cl)cc1[N+](=O)[O-]. The molecule has 0 aliphatic carbocycles. The number of halogens is 1. The summed E-state index contributed by atoms with van der Waals surface area (Å²) in [5.41, 5.74) is -0.228. The first-order chi connectivity index (χ1) is 7.54. The van der Waals surface area contributed by atoms with Gasteiger partial charge in [0.15, 0.2) is 0 Å². The first-order valence-electron chi connectivity index (χ1n) is 4.42. The number of rotatable bonds is 3. The Bertz CT molecular complexity index is 422. The van der Waals surface area contributed by atoms with E-state index < -0.39 is 11.0 Å². The lowest BCUT2D eigenvalue weighted by Gasteiger charge is -2.05. The summed E-state index contributed by atoms with van der Waals surface area (Å²) in [7, 11) is 0. The summed E-state index contributed by atoms with van der Waals surface area (Å²) >= 11 is 5.61. The Kier molecular flexibility index (Phi) is 4.07. The minimum absolute atomic E-state index is 0.0489. The number of hydrogen-bond donors (Lipinski definition) is 1. The van der Waals surface area contributed by atoms with Crippen molar-refractivity contribution in [1.29, 1.82) is 0 Å². The third-order valence-corrected chi connectivity index (χ3v) is 1.90. The van der Waals surface area contributed by atoms with Crippen LogP contribution in [0, 0.1) is 10.1 Å². The molecule has 0 aliphatic heterocycles. The summed E-state index contributed by atoms with van der Waals surface area (Å²) in [6, 6.07) is 3.94. The van der Waals surface area contributed by atoms with E-state index in [1.54, 1.807) is 6.92 Å². The van der Waals surface area contributed by atoms with Gasteiger partial charge < -0.3 is 4.74 Å². The Balaban J connectivity index is 2.95. The highest BCUT2D eigenvalue weighted by atomic mass is 35.5. The van der Waals surface area contributed by atoms with E-state index in [-0.39, 0.29) is 23.0 Å². The fourth-order valence-electron chi connectivity index (χ4n) is 1.04. The van der Waals surface area contributed by atoms with Crippen molar-refractivity contribution < 1.29 is 14.5 Å². The van der Waals surface area contributed by atoms with E-state index >= 15 is 0 Å². The number of hydrogen-bond acceptors (Lipinski definition) is 4. The molecule has 1 N–H and O–H groups in total. The lowest BCUT2D eigenvalue weighted by molar-refractivity contribution is -0.383. The Morgan fingerprint density at radius 3 is 2.88 bits per heavy atom. The van der Waals surface area contributed by atoms with Gasteiger partial charge in [0.1, 0.15) is 5.69 Å². The molecule has 1 aromatic carbocycles. The molecule has 0 spiro atoms. The highest BCUT2D eigenvalue weighted by Gasteiger charge is 2.16. The molecule has 16 heavy (non-hydrogen) atoms. The molecule has 0 fully saturated rings. The van der Waals surface area contributed by atoms with Crippen LogP contribution in [0.25, 0.3) is 0 Å². The average molecular weight is 245 g/mol. The minimum atomic E-state index is -0.743. The maximum Gasteiger partial charge on any atom is 0.411 e. The summed E-state index contributed by atoms with van der Waals surface area (Å²) in [5, 5.41) is 13.1. The van der Waals surface area contributed by atoms with Crippen LogP contribution >= 0.6 is 11.6 Å². The predicted molar refractivity (Wildman–Crippen MR) is 58.8 cm³/mol. The number of anilines is 1. The van der Waals surface area contributed by atoms with Crippen molar-refractivity contribution in [2.75, 3.05) is 11.9 Å². The third kappa shape index (κ3) is 3.09. The van der Waals surface area contributed by atoms with Gasteiger partial charge in [-0.2, -0.15) is 0 Å². The number of amides is 1. The fraction of sp³-hybridized carbons (Fsp3) is 0.222. The van der Waals surface area contributed by atoms with Gasteiger partial charge in [0.25, 0.3) is 5.69 Å². The quantitative estimate of drug-likeness (QED) is 0.655. The standard InChI is InChI=1S/C9H9ClN2O4/c1-2-16-9(13)11-7-4-3-6(10)5-8(7)12(14)15/h3-5H,2H2,1H3,(H,11,13). The zero-order valence-corrected chi connectivity index (χ0v) is 9.15. The van der Waals surface area contributed by atoms with Crippen molar-refractivity contribution in [3.8, 4) is 0 Å². The average Bonchev–Trinajstić information content (AvgIpc) is 2.20. The summed E-state index contributed by atoms with van der Waals surface area (Å²) in [4.78, 5) is 21.1. The summed E-state index contributed by atoms with van der Waals surface area (Å²) in [6.07, 6.45) is -0.743. The number of carbonyl (C=O) groups is 1. The smallest absolute Gasteiger partial charge is 0.411 e. The molecule has 0 saturated carbocycles. The minimum Gasteiger partial charge on any atom is -0.450 e. The van der Waals surface area contributed by atoms with Gasteiger partial charge in [-0.05, 0) is 19.1 Å². The molecule has 1 rings (SSSR count). The number of nitro benzene ring substituents is 1. The maximum absolute atomic E-state index is 11.1. The van der Waals surface area contributed by atoms with E-state index in [0.29, 0.717) is 0 Å². The van der Waals surface area contributed by atoms with Crippen molar-refractivity contribution >= 4 is 29.1 Å².